The first kappa shape index (κ1) is 19.4. The lowest BCUT2D eigenvalue weighted by Crippen LogP contribution is -2.36. The molecule has 1 aliphatic rings. The Morgan fingerprint density at radius 1 is 1.22 bits per heavy atom. The molecule has 1 aliphatic heterocycles. The second kappa shape index (κ2) is 7.32. The van der Waals surface area contributed by atoms with Gasteiger partial charge in [0.25, 0.3) is 5.91 Å². The number of fused-ring (bicyclic) bond motifs is 1. The van der Waals surface area contributed by atoms with E-state index in [2.05, 4.69) is 4.72 Å². The minimum atomic E-state index is -3.80. The average molecular weight is 388 g/mol. The minimum Gasteiger partial charge on any atom is -0.495 e. The van der Waals surface area contributed by atoms with Crippen LogP contribution in [0.2, 0.25) is 0 Å². The largest absolute Gasteiger partial charge is 0.495 e. The summed E-state index contributed by atoms with van der Waals surface area (Å²) in [7, 11) is -2.39. The molecule has 7 heteroatoms. The van der Waals surface area contributed by atoms with E-state index in [-0.39, 0.29) is 28.6 Å². The molecule has 6 nitrogen and oxygen atoms in total. The molecule has 1 heterocycles. The highest BCUT2D eigenvalue weighted by atomic mass is 32.2. The number of sulfonamides is 1. The molecule has 0 bridgehead atoms. The molecule has 27 heavy (non-hydrogen) atoms. The van der Waals surface area contributed by atoms with Crippen LogP contribution in [0.4, 0.5) is 5.69 Å². The first-order valence-electron chi connectivity index (χ1n) is 8.86. The third-order valence-corrected chi connectivity index (χ3v) is 6.20. The number of nitrogens with zero attached hydrogens (tertiary/aromatic N) is 1. The van der Waals surface area contributed by atoms with Gasteiger partial charge < -0.3 is 9.64 Å². The van der Waals surface area contributed by atoms with Gasteiger partial charge in [-0.1, -0.05) is 18.2 Å². The van der Waals surface area contributed by atoms with Crippen molar-refractivity contribution in [2.24, 2.45) is 0 Å². The Hall–Kier alpha value is -2.38. The maximum atomic E-state index is 13.2. The fraction of sp³-hybridized carbons (Fsp3) is 0.350. The van der Waals surface area contributed by atoms with Crippen LogP contribution in [-0.4, -0.2) is 33.5 Å². The SMILES string of the molecule is COc1ccc(C(=O)N2c3ccccc3CC2C)cc1S(=O)(=O)NC(C)C. The number of carbonyl (C=O) groups excluding carboxylic acids is 1. The van der Waals surface area contributed by atoms with Crippen LogP contribution in [0.1, 0.15) is 36.7 Å². The molecule has 0 aromatic heterocycles. The van der Waals surface area contributed by atoms with E-state index >= 15 is 0 Å². The summed E-state index contributed by atoms with van der Waals surface area (Å²) in [4.78, 5) is 14.9. The summed E-state index contributed by atoms with van der Waals surface area (Å²) >= 11 is 0. The number of para-hydroxylation sites is 1. The number of hydrogen-bond donors (Lipinski definition) is 1. The van der Waals surface area contributed by atoms with Gasteiger partial charge in [0.1, 0.15) is 10.6 Å². The lowest BCUT2D eigenvalue weighted by Gasteiger charge is -2.23. The highest BCUT2D eigenvalue weighted by Crippen LogP contribution is 2.34. The summed E-state index contributed by atoms with van der Waals surface area (Å²) in [6.07, 6.45) is 0.776. The maximum absolute atomic E-state index is 13.2. The van der Waals surface area contributed by atoms with Crippen molar-refractivity contribution in [2.75, 3.05) is 12.0 Å². The molecule has 0 aliphatic carbocycles. The Bertz CT molecular complexity index is 970. The van der Waals surface area contributed by atoms with Gasteiger partial charge in [-0.15, -0.1) is 0 Å². The zero-order chi connectivity index (χ0) is 19.8. The highest BCUT2D eigenvalue weighted by Gasteiger charge is 2.32. The zero-order valence-corrected chi connectivity index (χ0v) is 16.7. The molecule has 0 radical (unpaired) electrons. The molecular weight excluding hydrogens is 364 g/mol. The van der Waals surface area contributed by atoms with Crippen LogP contribution < -0.4 is 14.4 Å². The molecule has 1 unspecified atom stereocenters. The van der Waals surface area contributed by atoms with Crippen LogP contribution in [0, 0.1) is 0 Å². The molecule has 0 spiro atoms. The summed E-state index contributed by atoms with van der Waals surface area (Å²) in [5, 5.41) is 0. The second-order valence-corrected chi connectivity index (χ2v) is 8.68. The van der Waals surface area contributed by atoms with Gasteiger partial charge >= 0.3 is 0 Å². The molecule has 1 atom stereocenters. The summed E-state index contributed by atoms with van der Waals surface area (Å²) in [5.74, 6) is -0.0225. The third kappa shape index (κ3) is 3.70. The standard InChI is InChI=1S/C20H24N2O4S/c1-13(2)21-27(24,25)19-12-16(9-10-18(19)26-4)20(23)22-14(3)11-15-7-5-6-8-17(15)22/h5-10,12-14,21H,11H2,1-4H3. The first-order valence-corrected chi connectivity index (χ1v) is 10.3. The van der Waals surface area contributed by atoms with Crippen LogP contribution in [-0.2, 0) is 16.4 Å². The van der Waals surface area contributed by atoms with E-state index in [0.29, 0.717) is 5.56 Å². The molecular formula is C20H24N2O4S. The molecule has 144 valence electrons. The molecule has 1 amide bonds. The Morgan fingerprint density at radius 3 is 2.59 bits per heavy atom. The Labute approximate surface area is 160 Å². The first-order chi connectivity index (χ1) is 12.7. The number of hydrogen-bond acceptors (Lipinski definition) is 4. The van der Waals surface area contributed by atoms with Gasteiger partial charge in [-0.25, -0.2) is 13.1 Å². The predicted octanol–water partition coefficient (Wildman–Crippen LogP) is 2.97. The normalized spacial score (nSPS) is 16.5. The van der Waals surface area contributed by atoms with E-state index in [1.807, 2.05) is 31.2 Å². The number of benzene rings is 2. The van der Waals surface area contributed by atoms with Crippen molar-refractivity contribution in [3.8, 4) is 5.75 Å². The molecule has 1 N–H and O–H groups in total. The quantitative estimate of drug-likeness (QED) is 0.854. The van der Waals surface area contributed by atoms with Crippen LogP contribution in [0.15, 0.2) is 47.4 Å². The molecule has 2 aromatic carbocycles. The van der Waals surface area contributed by atoms with Crippen molar-refractivity contribution in [3.05, 3.63) is 53.6 Å². The Morgan fingerprint density at radius 2 is 1.93 bits per heavy atom. The highest BCUT2D eigenvalue weighted by molar-refractivity contribution is 7.89. The average Bonchev–Trinajstić information content (AvgIpc) is 2.95. The molecule has 0 fully saturated rings. The van der Waals surface area contributed by atoms with Gasteiger partial charge in [-0.3, -0.25) is 4.79 Å². The fourth-order valence-corrected chi connectivity index (χ4v) is 4.85. The van der Waals surface area contributed by atoms with Gasteiger partial charge in [0.15, 0.2) is 0 Å². The lowest BCUT2D eigenvalue weighted by atomic mass is 10.1. The van der Waals surface area contributed by atoms with Gasteiger partial charge in [-0.05, 0) is 57.0 Å². The number of ether oxygens (including phenoxy) is 1. The number of anilines is 1. The number of rotatable bonds is 5. The van der Waals surface area contributed by atoms with Crippen molar-refractivity contribution in [2.45, 2.75) is 44.2 Å². The third-order valence-electron chi connectivity index (χ3n) is 4.52. The monoisotopic (exact) mass is 388 g/mol. The Kier molecular flexibility index (Phi) is 5.26. The van der Waals surface area contributed by atoms with Gasteiger partial charge in [0.2, 0.25) is 10.0 Å². The lowest BCUT2D eigenvalue weighted by molar-refractivity contribution is 0.0981. The van der Waals surface area contributed by atoms with Crippen molar-refractivity contribution < 1.29 is 17.9 Å². The van der Waals surface area contributed by atoms with Crippen molar-refractivity contribution in [3.63, 3.8) is 0 Å². The topological polar surface area (TPSA) is 75.7 Å². The van der Waals surface area contributed by atoms with Crippen LogP contribution in [0.3, 0.4) is 0 Å². The fourth-order valence-electron chi connectivity index (χ4n) is 3.41. The van der Waals surface area contributed by atoms with E-state index in [1.54, 1.807) is 24.8 Å². The van der Waals surface area contributed by atoms with Crippen LogP contribution in [0.5, 0.6) is 5.75 Å². The van der Waals surface area contributed by atoms with E-state index < -0.39 is 10.0 Å². The Balaban J connectivity index is 2.03. The van der Waals surface area contributed by atoms with Crippen LogP contribution >= 0.6 is 0 Å². The second-order valence-electron chi connectivity index (χ2n) is 7.00. The number of nitrogens with one attached hydrogen (secondary N) is 1. The van der Waals surface area contributed by atoms with E-state index in [0.717, 1.165) is 17.7 Å². The summed E-state index contributed by atoms with van der Waals surface area (Å²) in [5.41, 5.74) is 2.29. The van der Waals surface area contributed by atoms with Gasteiger partial charge in [0.05, 0.1) is 7.11 Å². The zero-order valence-electron chi connectivity index (χ0n) is 15.9. The summed E-state index contributed by atoms with van der Waals surface area (Å²) in [6, 6.07) is 12.0. The number of methoxy groups -OCH3 is 1. The summed E-state index contributed by atoms with van der Waals surface area (Å²) < 4.78 is 33.1. The van der Waals surface area contributed by atoms with Crippen molar-refractivity contribution >= 4 is 21.6 Å². The van der Waals surface area contributed by atoms with Crippen molar-refractivity contribution in [1.29, 1.82) is 0 Å². The van der Waals surface area contributed by atoms with Crippen molar-refractivity contribution in [1.82, 2.24) is 4.72 Å². The number of carbonyl (C=O) groups is 1. The minimum absolute atomic E-state index is 0.00541. The molecule has 2 aromatic rings. The summed E-state index contributed by atoms with van der Waals surface area (Å²) in [6.45, 7) is 5.46. The molecule has 3 rings (SSSR count). The van der Waals surface area contributed by atoms with Gasteiger partial charge in [-0.2, -0.15) is 0 Å². The smallest absolute Gasteiger partial charge is 0.258 e. The predicted molar refractivity (Wildman–Crippen MR) is 105 cm³/mol. The van der Waals surface area contributed by atoms with Gasteiger partial charge in [0, 0.05) is 23.3 Å². The van der Waals surface area contributed by atoms with E-state index in [1.165, 1.54) is 19.2 Å². The van der Waals surface area contributed by atoms with E-state index in [9.17, 15) is 13.2 Å². The molecule has 0 saturated heterocycles. The van der Waals surface area contributed by atoms with E-state index in [4.69, 9.17) is 4.74 Å². The maximum Gasteiger partial charge on any atom is 0.258 e. The van der Waals surface area contributed by atoms with Crippen LogP contribution in [0.25, 0.3) is 0 Å². The molecule has 0 saturated carbocycles. The number of amides is 1.